The number of benzene rings is 4. The lowest BCUT2D eigenvalue weighted by atomic mass is 10.2. The first-order chi connectivity index (χ1) is 16.7. The summed E-state index contributed by atoms with van der Waals surface area (Å²) in [6.07, 6.45) is 0. The molecule has 0 saturated heterocycles. The quantitative estimate of drug-likeness (QED) is 0.348. The third-order valence-electron chi connectivity index (χ3n) is 5.62. The van der Waals surface area contributed by atoms with Gasteiger partial charge in [-0.25, -0.2) is 0 Å². The van der Waals surface area contributed by atoms with Gasteiger partial charge in [-0.1, -0.05) is 103 Å². The fraction of sp³-hybridized carbons (Fsp3) is 0. The molecule has 0 aliphatic carbocycles. The molecule has 7 heteroatoms. The molecule has 0 aliphatic rings. The minimum absolute atomic E-state index is 0.478. The first kappa shape index (κ1) is 21.9. The zero-order valence-electron chi connectivity index (χ0n) is 18.0. The molecule has 0 saturated carbocycles. The van der Waals surface area contributed by atoms with E-state index in [9.17, 15) is 5.26 Å². The van der Waals surface area contributed by atoms with Crippen LogP contribution >= 0.6 is 18.5 Å². The number of nitriles is 1. The van der Waals surface area contributed by atoms with E-state index in [-0.39, 0.29) is 0 Å². The first-order valence-corrected chi connectivity index (χ1v) is 12.8. The Hall–Kier alpha value is -3.97. The molecule has 5 aromatic rings. The topological polar surface area (TPSA) is 67.4 Å². The predicted octanol–water partition coefficient (Wildman–Crippen LogP) is 4.49. The third-order valence-corrected chi connectivity index (χ3v) is 10.0. The summed E-state index contributed by atoms with van der Waals surface area (Å²) < 4.78 is 1.59. The lowest BCUT2D eigenvalue weighted by Crippen LogP contribution is -2.33. The van der Waals surface area contributed by atoms with Gasteiger partial charge in [-0.2, -0.15) is 9.94 Å². The van der Waals surface area contributed by atoms with Crippen LogP contribution in [0, 0.1) is 11.3 Å². The summed E-state index contributed by atoms with van der Waals surface area (Å²) in [5.74, 6) is 0.486. The van der Waals surface area contributed by atoms with E-state index in [2.05, 4.69) is 58.0 Å². The van der Waals surface area contributed by atoms with Crippen molar-refractivity contribution in [3.8, 4) is 17.5 Å². The summed E-state index contributed by atoms with van der Waals surface area (Å²) in [6, 6.07) is 40.3. The molecule has 1 aromatic heterocycles. The second kappa shape index (κ2) is 9.49. The Morgan fingerprint density at radius 2 is 1.18 bits per heavy atom. The van der Waals surface area contributed by atoms with Crippen LogP contribution in [0.3, 0.4) is 0 Å². The molecule has 0 fully saturated rings. The van der Waals surface area contributed by atoms with E-state index < -0.39 is 6.89 Å². The van der Waals surface area contributed by atoms with Crippen LogP contribution in [-0.2, 0) is 0 Å². The summed E-state index contributed by atoms with van der Waals surface area (Å²) in [5, 5.41) is 27.0. The molecular formula is C27H19ClN5P. The predicted molar refractivity (Wildman–Crippen MR) is 139 cm³/mol. The van der Waals surface area contributed by atoms with Crippen LogP contribution in [0.5, 0.6) is 0 Å². The van der Waals surface area contributed by atoms with Crippen molar-refractivity contribution in [1.29, 1.82) is 5.26 Å². The van der Waals surface area contributed by atoms with Crippen molar-refractivity contribution in [2.75, 3.05) is 0 Å². The number of rotatable bonds is 5. The van der Waals surface area contributed by atoms with E-state index in [4.69, 9.17) is 11.6 Å². The van der Waals surface area contributed by atoms with E-state index in [1.54, 1.807) is 16.8 Å². The number of halogens is 1. The Labute approximate surface area is 202 Å². The van der Waals surface area contributed by atoms with E-state index in [0.717, 1.165) is 21.5 Å². The van der Waals surface area contributed by atoms with Crippen LogP contribution in [0.1, 0.15) is 0 Å². The standard InChI is InChI=1S/C27H19ClN5P/c28-22-18-16-21(17-19-22)27-30-31-32-33(27)26(20-29)34(23-10-4-1-5-11-23,24-12-6-2-7-13-24)25-14-8-3-9-15-25/h1-19H. The van der Waals surface area contributed by atoms with Gasteiger partial charge in [0.1, 0.15) is 6.07 Å². The Kier molecular flexibility index (Phi) is 6.10. The molecule has 0 radical (unpaired) electrons. The van der Waals surface area contributed by atoms with Gasteiger partial charge in [0, 0.05) is 17.5 Å². The Bertz CT molecular complexity index is 1400. The summed E-state index contributed by atoms with van der Waals surface area (Å²) in [7, 11) is 0. The third kappa shape index (κ3) is 3.74. The molecule has 0 aliphatic heterocycles. The summed E-state index contributed by atoms with van der Waals surface area (Å²) in [5.41, 5.74) is 1.25. The largest absolute Gasteiger partial charge is 0.191 e. The Morgan fingerprint density at radius 3 is 1.62 bits per heavy atom. The molecule has 0 atom stereocenters. The number of tetrazole rings is 1. The van der Waals surface area contributed by atoms with Gasteiger partial charge < -0.3 is 0 Å². The van der Waals surface area contributed by atoms with Gasteiger partial charge >= 0.3 is 0 Å². The van der Waals surface area contributed by atoms with Gasteiger partial charge in [0.2, 0.25) is 0 Å². The van der Waals surface area contributed by atoms with Gasteiger partial charge in [0.05, 0.1) is 0 Å². The Balaban J connectivity index is 1.97. The lowest BCUT2D eigenvalue weighted by molar-refractivity contribution is 0.829. The first-order valence-electron chi connectivity index (χ1n) is 10.6. The molecule has 0 unspecified atom stereocenters. The summed E-state index contributed by atoms with van der Waals surface area (Å²) in [6.45, 7) is -2.66. The van der Waals surface area contributed by atoms with Crippen LogP contribution < -0.4 is 15.9 Å². The van der Waals surface area contributed by atoms with Crippen molar-refractivity contribution >= 4 is 39.8 Å². The molecule has 1 heterocycles. The van der Waals surface area contributed by atoms with Crippen molar-refractivity contribution in [3.63, 3.8) is 0 Å². The monoisotopic (exact) mass is 479 g/mol. The van der Waals surface area contributed by atoms with Gasteiger partial charge in [0.15, 0.2) is 11.2 Å². The van der Waals surface area contributed by atoms with E-state index >= 15 is 0 Å². The van der Waals surface area contributed by atoms with Crippen LogP contribution in [0.25, 0.3) is 11.4 Å². The molecule has 5 nitrogen and oxygen atoms in total. The Morgan fingerprint density at radius 1 is 0.706 bits per heavy atom. The zero-order valence-corrected chi connectivity index (χ0v) is 19.7. The van der Waals surface area contributed by atoms with Crippen LogP contribution in [0.15, 0.2) is 115 Å². The fourth-order valence-electron chi connectivity index (χ4n) is 4.14. The maximum atomic E-state index is 10.7. The smallest absolute Gasteiger partial charge is 0.188 e. The van der Waals surface area contributed by atoms with Gasteiger partial charge in [0.25, 0.3) is 0 Å². The average molecular weight is 480 g/mol. The molecular weight excluding hydrogens is 461 g/mol. The highest BCUT2D eigenvalue weighted by Gasteiger charge is 2.33. The molecule has 164 valence electrons. The number of hydrogen-bond donors (Lipinski definition) is 0. The van der Waals surface area contributed by atoms with Gasteiger partial charge in [-0.15, -0.1) is 5.10 Å². The number of nitrogens with zero attached hydrogens (tertiary/aromatic N) is 5. The molecule has 0 amide bonds. The van der Waals surface area contributed by atoms with Crippen LogP contribution in [0.4, 0.5) is 0 Å². The zero-order chi connectivity index (χ0) is 23.4. The second-order valence-corrected chi connectivity index (χ2v) is 11.3. The lowest BCUT2D eigenvalue weighted by Gasteiger charge is -2.30. The molecule has 0 bridgehead atoms. The molecule has 0 spiro atoms. The van der Waals surface area contributed by atoms with Gasteiger partial charge in [-0.05, 0) is 50.6 Å². The fourth-order valence-corrected chi connectivity index (χ4v) is 8.32. The minimum Gasteiger partial charge on any atom is -0.191 e. The molecule has 0 N–H and O–H groups in total. The highest BCUT2D eigenvalue weighted by atomic mass is 35.5. The second-order valence-electron chi connectivity index (χ2n) is 7.53. The maximum Gasteiger partial charge on any atom is 0.188 e. The maximum absolute atomic E-state index is 10.7. The van der Waals surface area contributed by atoms with Crippen LogP contribution in [-0.4, -0.2) is 25.6 Å². The SMILES string of the molecule is N#CC(n1nnnc1-c1ccc(Cl)cc1)=P(c1ccccc1)(c1ccccc1)c1ccccc1. The molecule has 4 aromatic carbocycles. The van der Waals surface area contributed by atoms with E-state index in [0.29, 0.717) is 16.3 Å². The average Bonchev–Trinajstić information content (AvgIpc) is 3.38. The van der Waals surface area contributed by atoms with Crippen molar-refractivity contribution in [2.45, 2.75) is 0 Å². The van der Waals surface area contributed by atoms with Crippen molar-refractivity contribution < 1.29 is 0 Å². The van der Waals surface area contributed by atoms with Crippen molar-refractivity contribution in [2.24, 2.45) is 0 Å². The highest BCUT2D eigenvalue weighted by Crippen LogP contribution is 2.46. The number of aromatic nitrogens is 4. The van der Waals surface area contributed by atoms with E-state index in [1.807, 2.05) is 66.7 Å². The number of hydrogen-bond acceptors (Lipinski definition) is 4. The van der Waals surface area contributed by atoms with Crippen molar-refractivity contribution in [3.05, 3.63) is 120 Å². The summed E-state index contributed by atoms with van der Waals surface area (Å²) >= 11 is 6.10. The summed E-state index contributed by atoms with van der Waals surface area (Å²) in [4.78, 5) is 0. The normalized spacial score (nSPS) is 11.1. The van der Waals surface area contributed by atoms with Gasteiger partial charge in [-0.3, -0.25) is 0 Å². The van der Waals surface area contributed by atoms with E-state index in [1.165, 1.54) is 0 Å². The molecule has 34 heavy (non-hydrogen) atoms. The van der Waals surface area contributed by atoms with Crippen LogP contribution in [0.2, 0.25) is 5.02 Å². The van der Waals surface area contributed by atoms with Crippen molar-refractivity contribution in [1.82, 2.24) is 20.2 Å². The molecule has 5 rings (SSSR count). The minimum atomic E-state index is -2.66. The highest BCUT2D eigenvalue weighted by molar-refractivity contribution is 7.95.